The quantitative estimate of drug-likeness (QED) is 0.917. The van der Waals surface area contributed by atoms with Gasteiger partial charge in [-0.15, -0.1) is 11.3 Å². The Bertz CT molecular complexity index is 728. The molecule has 1 aromatic heterocycles. The van der Waals surface area contributed by atoms with Crippen molar-refractivity contribution in [1.82, 2.24) is 10.2 Å². The molecule has 23 heavy (non-hydrogen) atoms. The molecule has 0 aliphatic carbocycles. The second-order valence-electron chi connectivity index (χ2n) is 6.52. The summed E-state index contributed by atoms with van der Waals surface area (Å²) in [6, 6.07) is 8.44. The first-order valence-corrected chi connectivity index (χ1v) is 8.80. The van der Waals surface area contributed by atoms with Crippen molar-refractivity contribution in [3.8, 4) is 10.4 Å². The molecule has 5 heteroatoms. The van der Waals surface area contributed by atoms with E-state index in [4.69, 9.17) is 0 Å². The van der Waals surface area contributed by atoms with Crippen LogP contribution in [0.5, 0.6) is 0 Å². The number of nitrogens with one attached hydrogen (secondary N) is 1. The summed E-state index contributed by atoms with van der Waals surface area (Å²) in [5.41, 5.74) is 2.04. The molecule has 0 spiro atoms. The number of benzene rings is 1. The lowest BCUT2D eigenvalue weighted by atomic mass is 10.0. The number of amides is 1. The summed E-state index contributed by atoms with van der Waals surface area (Å²) < 4.78 is 13.1. The third-order valence-corrected chi connectivity index (χ3v) is 6.19. The van der Waals surface area contributed by atoms with Gasteiger partial charge in [0.2, 0.25) is 0 Å². The van der Waals surface area contributed by atoms with E-state index in [0.717, 1.165) is 47.1 Å². The Labute approximate surface area is 139 Å². The number of thiophene rings is 1. The Morgan fingerprint density at radius 1 is 1.22 bits per heavy atom. The van der Waals surface area contributed by atoms with Crippen LogP contribution in [-0.2, 0) is 0 Å². The predicted octanol–water partition coefficient (Wildman–Crippen LogP) is 3.15. The fourth-order valence-electron chi connectivity index (χ4n) is 3.65. The van der Waals surface area contributed by atoms with Gasteiger partial charge in [-0.05, 0) is 48.1 Å². The molecule has 0 bridgehead atoms. The van der Waals surface area contributed by atoms with Crippen LogP contribution in [0.4, 0.5) is 4.39 Å². The van der Waals surface area contributed by atoms with E-state index in [1.54, 1.807) is 12.1 Å². The fraction of sp³-hybridized carbons (Fsp3) is 0.389. The monoisotopic (exact) mass is 330 g/mol. The number of carbonyl (C=O) groups excluding carboxylic acids is 1. The van der Waals surface area contributed by atoms with Gasteiger partial charge in [-0.1, -0.05) is 12.1 Å². The summed E-state index contributed by atoms with van der Waals surface area (Å²) in [6.45, 7) is 5.78. The molecule has 2 aromatic rings. The third kappa shape index (κ3) is 2.68. The first-order valence-electron chi connectivity index (χ1n) is 7.98. The highest BCUT2D eigenvalue weighted by Gasteiger charge is 2.38. The maximum absolute atomic E-state index is 13.1. The number of nitrogens with zero attached hydrogens (tertiary/aromatic N) is 1. The van der Waals surface area contributed by atoms with E-state index in [0.29, 0.717) is 11.8 Å². The first kappa shape index (κ1) is 14.8. The van der Waals surface area contributed by atoms with Crippen molar-refractivity contribution in [2.45, 2.75) is 6.92 Å². The molecule has 120 valence electrons. The van der Waals surface area contributed by atoms with Gasteiger partial charge in [0.05, 0.1) is 4.88 Å². The second kappa shape index (κ2) is 5.73. The summed E-state index contributed by atoms with van der Waals surface area (Å²) in [5.74, 6) is 1.12. The van der Waals surface area contributed by atoms with Crippen molar-refractivity contribution in [2.24, 2.45) is 11.8 Å². The van der Waals surface area contributed by atoms with Crippen LogP contribution in [0.2, 0.25) is 0 Å². The zero-order valence-corrected chi connectivity index (χ0v) is 13.8. The summed E-state index contributed by atoms with van der Waals surface area (Å²) in [6.07, 6.45) is 0. The van der Waals surface area contributed by atoms with Crippen LogP contribution in [0.15, 0.2) is 30.3 Å². The number of likely N-dealkylation sites (tertiary alicyclic amines) is 1. The first-order chi connectivity index (χ1) is 11.1. The van der Waals surface area contributed by atoms with Gasteiger partial charge in [0.15, 0.2) is 0 Å². The molecule has 2 atom stereocenters. The van der Waals surface area contributed by atoms with E-state index in [2.05, 4.69) is 5.32 Å². The molecule has 4 rings (SSSR count). The zero-order chi connectivity index (χ0) is 16.0. The summed E-state index contributed by atoms with van der Waals surface area (Å²) in [5, 5.41) is 3.40. The van der Waals surface area contributed by atoms with Crippen molar-refractivity contribution in [3.05, 3.63) is 46.6 Å². The molecule has 2 fully saturated rings. The minimum Gasteiger partial charge on any atom is -0.337 e. The Hall–Kier alpha value is -1.72. The Balaban J connectivity index is 1.57. The average Bonchev–Trinajstić information content (AvgIpc) is 3.21. The van der Waals surface area contributed by atoms with E-state index >= 15 is 0 Å². The number of halogens is 1. The van der Waals surface area contributed by atoms with Crippen molar-refractivity contribution < 1.29 is 9.18 Å². The molecule has 1 aromatic carbocycles. The van der Waals surface area contributed by atoms with E-state index in [1.807, 2.05) is 17.9 Å². The van der Waals surface area contributed by atoms with Crippen molar-refractivity contribution in [2.75, 3.05) is 26.2 Å². The van der Waals surface area contributed by atoms with Gasteiger partial charge in [0, 0.05) is 31.1 Å². The Morgan fingerprint density at radius 2 is 1.87 bits per heavy atom. The van der Waals surface area contributed by atoms with E-state index in [-0.39, 0.29) is 11.7 Å². The van der Waals surface area contributed by atoms with Gasteiger partial charge < -0.3 is 10.2 Å². The molecule has 2 aliphatic heterocycles. The third-order valence-electron chi connectivity index (χ3n) is 4.91. The predicted molar refractivity (Wildman–Crippen MR) is 90.2 cm³/mol. The molecule has 1 N–H and O–H groups in total. The number of rotatable bonds is 2. The van der Waals surface area contributed by atoms with Gasteiger partial charge >= 0.3 is 0 Å². The smallest absolute Gasteiger partial charge is 0.263 e. The summed E-state index contributed by atoms with van der Waals surface area (Å²) in [4.78, 5) is 16.6. The van der Waals surface area contributed by atoms with Crippen LogP contribution in [-0.4, -0.2) is 37.0 Å². The van der Waals surface area contributed by atoms with Crippen LogP contribution in [0.3, 0.4) is 0 Å². The van der Waals surface area contributed by atoms with Gasteiger partial charge in [-0.2, -0.15) is 0 Å². The summed E-state index contributed by atoms with van der Waals surface area (Å²) in [7, 11) is 0. The maximum atomic E-state index is 13.1. The second-order valence-corrected chi connectivity index (χ2v) is 7.57. The van der Waals surface area contributed by atoms with E-state index in [1.165, 1.54) is 23.5 Å². The molecule has 0 radical (unpaired) electrons. The zero-order valence-electron chi connectivity index (χ0n) is 13.0. The molecule has 3 nitrogen and oxygen atoms in total. The van der Waals surface area contributed by atoms with Crippen LogP contribution in [0.25, 0.3) is 10.4 Å². The lowest BCUT2D eigenvalue weighted by Gasteiger charge is -2.16. The summed E-state index contributed by atoms with van der Waals surface area (Å²) >= 11 is 1.51. The molecular formula is C18H19FN2OS. The lowest BCUT2D eigenvalue weighted by Crippen LogP contribution is -2.31. The van der Waals surface area contributed by atoms with Gasteiger partial charge in [0.25, 0.3) is 5.91 Å². The molecule has 2 aliphatic rings. The normalized spacial score (nSPS) is 23.3. The minimum atomic E-state index is -0.239. The molecule has 0 saturated carbocycles. The van der Waals surface area contributed by atoms with E-state index in [9.17, 15) is 9.18 Å². The van der Waals surface area contributed by atoms with Gasteiger partial charge in [0.1, 0.15) is 5.82 Å². The molecule has 2 saturated heterocycles. The van der Waals surface area contributed by atoms with Gasteiger partial charge in [-0.3, -0.25) is 4.79 Å². The largest absolute Gasteiger partial charge is 0.337 e. The average molecular weight is 330 g/mol. The highest BCUT2D eigenvalue weighted by Crippen LogP contribution is 2.35. The van der Waals surface area contributed by atoms with Crippen molar-refractivity contribution >= 4 is 17.2 Å². The lowest BCUT2D eigenvalue weighted by molar-refractivity contribution is 0.0786. The van der Waals surface area contributed by atoms with Crippen LogP contribution < -0.4 is 5.32 Å². The van der Waals surface area contributed by atoms with Crippen LogP contribution in [0, 0.1) is 24.6 Å². The fourth-order valence-corrected chi connectivity index (χ4v) is 4.80. The van der Waals surface area contributed by atoms with Crippen molar-refractivity contribution in [3.63, 3.8) is 0 Å². The van der Waals surface area contributed by atoms with E-state index < -0.39 is 0 Å². The van der Waals surface area contributed by atoms with Crippen molar-refractivity contribution in [1.29, 1.82) is 0 Å². The number of fused-ring (bicyclic) bond motifs is 1. The standard InChI is InChI=1S/C18H19FN2OS/c1-11-6-16(23-17(11)12-2-4-15(19)5-3-12)18(22)21-9-13-7-20-8-14(13)10-21/h2-6,13-14,20H,7-10H2,1H3/t13-,14+. The molecular weight excluding hydrogens is 311 g/mol. The molecule has 1 amide bonds. The molecule has 0 unspecified atom stereocenters. The highest BCUT2D eigenvalue weighted by atomic mass is 32.1. The number of aryl methyl sites for hydroxylation is 1. The highest BCUT2D eigenvalue weighted by molar-refractivity contribution is 7.17. The SMILES string of the molecule is Cc1cc(C(=O)N2C[C@H]3CNC[C@H]3C2)sc1-c1ccc(F)cc1. The number of hydrogen-bond acceptors (Lipinski definition) is 3. The number of carbonyl (C=O) groups is 1. The number of hydrogen-bond donors (Lipinski definition) is 1. The molecule has 3 heterocycles. The van der Waals surface area contributed by atoms with Crippen LogP contribution >= 0.6 is 11.3 Å². The van der Waals surface area contributed by atoms with Gasteiger partial charge in [-0.25, -0.2) is 4.39 Å². The minimum absolute atomic E-state index is 0.140. The topological polar surface area (TPSA) is 32.3 Å². The van der Waals surface area contributed by atoms with Crippen LogP contribution in [0.1, 0.15) is 15.2 Å². The Morgan fingerprint density at radius 3 is 2.52 bits per heavy atom. The maximum Gasteiger partial charge on any atom is 0.263 e. The Kier molecular flexibility index (Phi) is 3.70.